The van der Waals surface area contributed by atoms with Crippen molar-refractivity contribution in [3.05, 3.63) is 73.6 Å². The number of benzene rings is 1. The molecular weight excluding hydrogens is 304 g/mol. The van der Waals surface area contributed by atoms with Crippen LogP contribution in [-0.4, -0.2) is 36.0 Å². The zero-order valence-electron chi connectivity index (χ0n) is 16.9. The molecule has 1 heterocycles. The summed E-state index contributed by atoms with van der Waals surface area (Å²) in [5.74, 6) is 0. The maximum Gasteiger partial charge on any atom is 0.0566 e. The van der Waals surface area contributed by atoms with Gasteiger partial charge in [0.15, 0.2) is 0 Å². The first-order chi connectivity index (χ1) is 12.1. The van der Waals surface area contributed by atoms with E-state index in [2.05, 4.69) is 80.4 Å². The fourth-order valence-corrected chi connectivity index (χ4v) is 3.00. The van der Waals surface area contributed by atoms with Gasteiger partial charge in [0.25, 0.3) is 0 Å². The van der Waals surface area contributed by atoms with E-state index in [1.165, 1.54) is 29.8 Å². The number of rotatable bonds is 7. The molecule has 1 aliphatic rings. The Hall–Kier alpha value is -1.96. The largest absolute Gasteiger partial charge is 0.373 e. The van der Waals surface area contributed by atoms with E-state index in [9.17, 15) is 0 Å². The average Bonchev–Trinajstić information content (AvgIpc) is 3.10. The third-order valence-corrected chi connectivity index (χ3v) is 4.46. The molecule has 0 N–H and O–H groups in total. The predicted octanol–water partition coefficient (Wildman–Crippen LogP) is 5.89. The molecule has 2 nitrogen and oxygen atoms in total. The summed E-state index contributed by atoms with van der Waals surface area (Å²) in [6.07, 6.45) is 4.64. The smallest absolute Gasteiger partial charge is 0.0566 e. The summed E-state index contributed by atoms with van der Waals surface area (Å²) in [6.45, 7) is 22.8. The van der Waals surface area contributed by atoms with E-state index in [4.69, 9.17) is 0 Å². The van der Waals surface area contributed by atoms with Gasteiger partial charge in [-0.05, 0) is 38.2 Å². The van der Waals surface area contributed by atoms with Crippen LogP contribution in [0.2, 0.25) is 0 Å². The summed E-state index contributed by atoms with van der Waals surface area (Å²) in [5, 5.41) is 0. The highest BCUT2D eigenvalue weighted by Gasteiger charge is 2.21. The van der Waals surface area contributed by atoms with Gasteiger partial charge in [-0.25, -0.2) is 0 Å². The Bertz CT molecular complexity index is 492. The SMILES string of the molecule is C=C.C=C(CCc1ccccc1)N(C)CC(=C)N1CCC[C@H]1C.CC. The summed E-state index contributed by atoms with van der Waals surface area (Å²) < 4.78 is 0. The molecule has 25 heavy (non-hydrogen) atoms. The van der Waals surface area contributed by atoms with Crippen LogP contribution in [0, 0.1) is 0 Å². The van der Waals surface area contributed by atoms with Crippen LogP contribution in [0.25, 0.3) is 0 Å². The molecule has 0 bridgehead atoms. The Morgan fingerprint density at radius 1 is 1.16 bits per heavy atom. The molecule has 0 radical (unpaired) electrons. The van der Waals surface area contributed by atoms with Gasteiger partial charge in [0.2, 0.25) is 0 Å². The van der Waals surface area contributed by atoms with Crippen molar-refractivity contribution in [1.82, 2.24) is 9.80 Å². The molecule has 0 aliphatic carbocycles. The average molecular weight is 343 g/mol. The van der Waals surface area contributed by atoms with E-state index in [-0.39, 0.29) is 0 Å². The monoisotopic (exact) mass is 342 g/mol. The second-order valence-electron chi connectivity index (χ2n) is 6.16. The highest BCUT2D eigenvalue weighted by atomic mass is 15.2. The van der Waals surface area contributed by atoms with Crippen LogP contribution >= 0.6 is 0 Å². The summed E-state index contributed by atoms with van der Waals surface area (Å²) in [5.41, 5.74) is 3.79. The number of aryl methyl sites for hydroxylation is 1. The fraction of sp³-hybridized carbons (Fsp3) is 0.478. The second-order valence-corrected chi connectivity index (χ2v) is 6.16. The quantitative estimate of drug-likeness (QED) is 0.570. The van der Waals surface area contributed by atoms with Gasteiger partial charge in [-0.1, -0.05) is 57.3 Å². The first-order valence-corrected chi connectivity index (χ1v) is 9.45. The van der Waals surface area contributed by atoms with Gasteiger partial charge >= 0.3 is 0 Å². The van der Waals surface area contributed by atoms with Crippen molar-refractivity contribution in [3.63, 3.8) is 0 Å². The van der Waals surface area contributed by atoms with Crippen LogP contribution in [0.1, 0.15) is 45.6 Å². The molecule has 0 unspecified atom stereocenters. The highest BCUT2D eigenvalue weighted by Crippen LogP contribution is 2.22. The standard InChI is InChI=1S/C19H28N2.C2H6.C2H4/c1-16(12-13-19-10-6-5-7-11-19)20(4)15-18(3)21-14-8-9-17(21)2;2*1-2/h5-7,10-11,17H,1,3,8-9,12-15H2,2,4H3;1-2H3;1-2H2/t17-;;/m1../s1. The van der Waals surface area contributed by atoms with Crippen molar-refractivity contribution < 1.29 is 0 Å². The minimum Gasteiger partial charge on any atom is -0.373 e. The van der Waals surface area contributed by atoms with Crippen molar-refractivity contribution in [1.29, 1.82) is 0 Å². The van der Waals surface area contributed by atoms with Crippen molar-refractivity contribution in [3.8, 4) is 0 Å². The second kappa shape index (κ2) is 13.3. The summed E-state index contributed by atoms with van der Waals surface area (Å²) >= 11 is 0. The maximum absolute atomic E-state index is 4.27. The summed E-state index contributed by atoms with van der Waals surface area (Å²) in [7, 11) is 2.12. The molecule has 2 rings (SSSR count). The number of allylic oxidation sites excluding steroid dienone is 1. The topological polar surface area (TPSA) is 6.48 Å². The molecular formula is C23H38N2. The van der Waals surface area contributed by atoms with E-state index < -0.39 is 0 Å². The van der Waals surface area contributed by atoms with Gasteiger partial charge in [-0.3, -0.25) is 0 Å². The van der Waals surface area contributed by atoms with E-state index in [0.29, 0.717) is 6.04 Å². The molecule has 0 aromatic heterocycles. The lowest BCUT2D eigenvalue weighted by atomic mass is 10.1. The molecule has 1 aromatic rings. The number of likely N-dealkylation sites (N-methyl/N-ethyl adjacent to an activating group) is 1. The molecule has 0 saturated carbocycles. The molecule has 1 atom stereocenters. The third-order valence-electron chi connectivity index (χ3n) is 4.46. The molecule has 1 fully saturated rings. The van der Waals surface area contributed by atoms with E-state index in [0.717, 1.165) is 25.9 Å². The fourth-order valence-electron chi connectivity index (χ4n) is 3.00. The van der Waals surface area contributed by atoms with E-state index >= 15 is 0 Å². The van der Waals surface area contributed by atoms with Gasteiger partial charge in [0, 0.05) is 31.0 Å². The van der Waals surface area contributed by atoms with Crippen molar-refractivity contribution >= 4 is 0 Å². The van der Waals surface area contributed by atoms with Gasteiger partial charge in [-0.15, -0.1) is 13.2 Å². The highest BCUT2D eigenvalue weighted by molar-refractivity contribution is 5.16. The number of likely N-dealkylation sites (tertiary alicyclic amines) is 1. The first kappa shape index (κ1) is 23.0. The van der Waals surface area contributed by atoms with Gasteiger partial charge < -0.3 is 9.80 Å². The van der Waals surface area contributed by atoms with Crippen LogP contribution in [0.4, 0.5) is 0 Å². The molecule has 0 amide bonds. The van der Waals surface area contributed by atoms with Crippen molar-refractivity contribution in [2.45, 2.75) is 52.5 Å². The lowest BCUT2D eigenvalue weighted by Gasteiger charge is -2.30. The molecule has 1 aliphatic heterocycles. The van der Waals surface area contributed by atoms with Gasteiger partial charge in [0.1, 0.15) is 0 Å². The Balaban J connectivity index is 0.00000134. The number of hydrogen-bond acceptors (Lipinski definition) is 2. The Labute approximate surface area is 156 Å². The Kier molecular flexibility index (Phi) is 12.3. The molecule has 2 heteroatoms. The van der Waals surface area contributed by atoms with Gasteiger partial charge in [0.05, 0.1) is 6.54 Å². The number of nitrogens with zero attached hydrogens (tertiary/aromatic N) is 2. The number of hydrogen-bond donors (Lipinski definition) is 0. The lowest BCUT2D eigenvalue weighted by Crippen LogP contribution is -2.32. The minimum absolute atomic E-state index is 0.642. The minimum atomic E-state index is 0.642. The lowest BCUT2D eigenvalue weighted by molar-refractivity contribution is 0.299. The zero-order chi connectivity index (χ0) is 19.2. The van der Waals surface area contributed by atoms with Crippen LogP contribution in [0.3, 0.4) is 0 Å². The maximum atomic E-state index is 4.27. The van der Waals surface area contributed by atoms with Gasteiger partial charge in [-0.2, -0.15) is 0 Å². The summed E-state index contributed by atoms with van der Waals surface area (Å²) in [6, 6.07) is 11.3. The van der Waals surface area contributed by atoms with Crippen LogP contribution < -0.4 is 0 Å². The normalized spacial score (nSPS) is 15.4. The van der Waals surface area contributed by atoms with E-state index in [1.54, 1.807) is 0 Å². The first-order valence-electron chi connectivity index (χ1n) is 9.45. The summed E-state index contributed by atoms with van der Waals surface area (Å²) in [4.78, 5) is 4.69. The third kappa shape index (κ3) is 8.11. The van der Waals surface area contributed by atoms with Crippen molar-refractivity contribution in [2.75, 3.05) is 20.1 Å². The van der Waals surface area contributed by atoms with E-state index in [1.807, 2.05) is 13.8 Å². The molecule has 1 aromatic carbocycles. The van der Waals surface area contributed by atoms with Crippen LogP contribution in [-0.2, 0) is 6.42 Å². The molecule has 0 spiro atoms. The van der Waals surface area contributed by atoms with Crippen LogP contribution in [0.5, 0.6) is 0 Å². The molecule has 1 saturated heterocycles. The molecule has 140 valence electrons. The Morgan fingerprint density at radius 3 is 2.28 bits per heavy atom. The predicted molar refractivity (Wildman–Crippen MR) is 114 cm³/mol. The van der Waals surface area contributed by atoms with Crippen molar-refractivity contribution in [2.24, 2.45) is 0 Å². The Morgan fingerprint density at radius 2 is 1.76 bits per heavy atom. The van der Waals surface area contributed by atoms with Crippen LogP contribution in [0.15, 0.2) is 68.0 Å². The zero-order valence-corrected chi connectivity index (χ0v) is 16.9.